The second-order valence-corrected chi connectivity index (χ2v) is 7.64. The summed E-state index contributed by atoms with van der Waals surface area (Å²) in [6.07, 6.45) is -15.6. The summed E-state index contributed by atoms with van der Waals surface area (Å²) in [6.45, 7) is 1.58. The molecule has 3 nitrogen and oxygen atoms in total. The van der Waals surface area contributed by atoms with Gasteiger partial charge in [0.05, 0.1) is 28.4 Å². The van der Waals surface area contributed by atoms with Crippen molar-refractivity contribution in [2.24, 2.45) is 0 Å². The van der Waals surface area contributed by atoms with Gasteiger partial charge in [0.15, 0.2) is 0 Å². The molecule has 1 heterocycles. The third-order valence-electron chi connectivity index (χ3n) is 5.32. The summed E-state index contributed by atoms with van der Waals surface area (Å²) in [5.74, 6) is 0. The van der Waals surface area contributed by atoms with E-state index in [9.17, 15) is 49.4 Å². The van der Waals surface area contributed by atoms with E-state index in [0.717, 1.165) is 11.0 Å². The molecule has 1 aliphatic rings. The maximum absolute atomic E-state index is 13.3. The molecule has 2 aromatic rings. The van der Waals surface area contributed by atoms with Crippen LogP contribution >= 0.6 is 0 Å². The molecule has 0 bridgehead atoms. The van der Waals surface area contributed by atoms with Crippen LogP contribution in [0.4, 0.5) is 50.0 Å². The zero-order valence-electron chi connectivity index (χ0n) is 17.2. The topological polar surface area (TPSA) is 40.5 Å². The smallest absolute Gasteiger partial charge is 0.416 e. The number of hydrogen-bond acceptors (Lipinski definition) is 1. The quantitative estimate of drug-likeness (QED) is 0.443. The third kappa shape index (κ3) is 5.15. The van der Waals surface area contributed by atoms with Crippen LogP contribution in [0.5, 0.6) is 0 Å². The summed E-state index contributed by atoms with van der Waals surface area (Å²) >= 11 is 0. The van der Waals surface area contributed by atoms with Gasteiger partial charge in [-0.15, -0.1) is 0 Å². The molecule has 0 saturated carbocycles. The fourth-order valence-corrected chi connectivity index (χ4v) is 3.80. The Hall–Kier alpha value is -3.18. The number of allylic oxidation sites excluding steroid dienone is 1. The Kier molecular flexibility index (Phi) is 6.40. The summed E-state index contributed by atoms with van der Waals surface area (Å²) in [4.78, 5) is 12.6. The second-order valence-electron chi connectivity index (χ2n) is 7.64. The highest BCUT2D eigenvalue weighted by atomic mass is 19.4. The van der Waals surface area contributed by atoms with Crippen LogP contribution in [0.25, 0.3) is 5.57 Å². The summed E-state index contributed by atoms with van der Waals surface area (Å²) in [6, 6.07) is 2.29. The lowest BCUT2D eigenvalue weighted by Gasteiger charge is -2.34. The number of halogens is 9. The maximum atomic E-state index is 13.3. The van der Waals surface area contributed by atoms with Crippen molar-refractivity contribution in [1.82, 2.24) is 0 Å². The zero-order valence-corrected chi connectivity index (χ0v) is 17.2. The normalized spacial score (nSPS) is 16.8. The molecule has 1 aliphatic heterocycles. The molecule has 0 radical (unpaired) electrons. The lowest BCUT2D eigenvalue weighted by atomic mass is 9.88. The van der Waals surface area contributed by atoms with E-state index in [2.05, 4.69) is 0 Å². The first-order chi connectivity index (χ1) is 15.5. The van der Waals surface area contributed by atoms with E-state index in [1.54, 1.807) is 6.92 Å². The first-order valence-corrected chi connectivity index (χ1v) is 9.75. The lowest BCUT2D eigenvalue weighted by Crippen LogP contribution is -2.41. The van der Waals surface area contributed by atoms with Crippen molar-refractivity contribution >= 4 is 17.4 Å². The minimum Gasteiger partial charge on any atom is -0.465 e. The SMILES string of the molecule is CCC1C=C(Cc2cc(C(F)(F)F)cc(C(F)(F)F)c2)c2cc(C(F)(F)F)ccc2N1C(=O)O. The van der Waals surface area contributed by atoms with E-state index < -0.39 is 59.3 Å². The van der Waals surface area contributed by atoms with E-state index in [4.69, 9.17) is 0 Å². The molecular weight excluding hydrogens is 481 g/mol. The molecule has 1 atom stereocenters. The van der Waals surface area contributed by atoms with Crippen LogP contribution in [0.2, 0.25) is 0 Å². The molecule has 2 aromatic carbocycles. The first kappa shape index (κ1) is 25.4. The Labute approximate surface area is 187 Å². The minimum atomic E-state index is -5.09. The lowest BCUT2D eigenvalue weighted by molar-refractivity contribution is -0.143. The van der Waals surface area contributed by atoms with Crippen LogP contribution in [-0.2, 0) is 24.9 Å². The van der Waals surface area contributed by atoms with Crippen molar-refractivity contribution in [2.45, 2.75) is 44.3 Å². The number of rotatable bonds is 3. The molecule has 34 heavy (non-hydrogen) atoms. The molecule has 1 unspecified atom stereocenters. The van der Waals surface area contributed by atoms with Crippen LogP contribution in [0, 0.1) is 0 Å². The van der Waals surface area contributed by atoms with Gasteiger partial charge in [-0.2, -0.15) is 39.5 Å². The van der Waals surface area contributed by atoms with Crippen molar-refractivity contribution in [3.8, 4) is 0 Å². The van der Waals surface area contributed by atoms with Gasteiger partial charge in [-0.3, -0.25) is 4.90 Å². The molecular formula is C22H16F9NO2. The average molecular weight is 497 g/mol. The Bertz CT molecular complexity index is 1100. The van der Waals surface area contributed by atoms with E-state index in [1.165, 1.54) is 6.08 Å². The Balaban J connectivity index is 2.19. The van der Waals surface area contributed by atoms with E-state index in [0.29, 0.717) is 24.3 Å². The summed E-state index contributed by atoms with van der Waals surface area (Å²) in [5, 5.41) is 9.57. The average Bonchev–Trinajstić information content (AvgIpc) is 2.70. The van der Waals surface area contributed by atoms with Crippen molar-refractivity contribution in [3.05, 3.63) is 70.3 Å². The Morgan fingerprint density at radius 3 is 1.82 bits per heavy atom. The number of benzene rings is 2. The number of hydrogen-bond donors (Lipinski definition) is 1. The summed E-state index contributed by atoms with van der Waals surface area (Å²) in [7, 11) is 0. The molecule has 0 fully saturated rings. The van der Waals surface area contributed by atoms with Gasteiger partial charge in [0.1, 0.15) is 0 Å². The number of carboxylic acid groups (broad SMARTS) is 1. The largest absolute Gasteiger partial charge is 0.465 e. The number of amides is 1. The number of carbonyl (C=O) groups is 1. The fourth-order valence-electron chi connectivity index (χ4n) is 3.80. The highest BCUT2D eigenvalue weighted by Crippen LogP contribution is 2.42. The number of nitrogens with zero attached hydrogens (tertiary/aromatic N) is 1. The van der Waals surface area contributed by atoms with Crippen molar-refractivity contribution in [2.75, 3.05) is 4.90 Å². The Morgan fingerprint density at radius 2 is 1.38 bits per heavy atom. The van der Waals surface area contributed by atoms with Gasteiger partial charge in [-0.05, 0) is 60.4 Å². The molecule has 1 amide bonds. The number of alkyl halides is 9. The molecule has 0 saturated heterocycles. The second kappa shape index (κ2) is 8.55. The predicted octanol–water partition coefficient (Wildman–Crippen LogP) is 7.65. The van der Waals surface area contributed by atoms with E-state index in [1.807, 2.05) is 0 Å². The van der Waals surface area contributed by atoms with E-state index in [-0.39, 0.29) is 29.3 Å². The molecule has 0 aliphatic carbocycles. The molecule has 3 rings (SSSR count). The van der Waals surface area contributed by atoms with Crippen LogP contribution in [-0.4, -0.2) is 17.2 Å². The predicted molar refractivity (Wildman–Crippen MR) is 104 cm³/mol. The van der Waals surface area contributed by atoms with Crippen LogP contribution in [0.1, 0.15) is 41.2 Å². The van der Waals surface area contributed by atoms with Gasteiger partial charge in [-0.25, -0.2) is 4.79 Å². The van der Waals surface area contributed by atoms with Crippen molar-refractivity contribution in [3.63, 3.8) is 0 Å². The molecule has 0 spiro atoms. The van der Waals surface area contributed by atoms with Gasteiger partial charge in [0.25, 0.3) is 0 Å². The van der Waals surface area contributed by atoms with Crippen LogP contribution in [0.3, 0.4) is 0 Å². The van der Waals surface area contributed by atoms with E-state index >= 15 is 0 Å². The molecule has 12 heteroatoms. The van der Waals surface area contributed by atoms with Crippen molar-refractivity contribution in [1.29, 1.82) is 0 Å². The molecule has 0 aromatic heterocycles. The first-order valence-electron chi connectivity index (χ1n) is 9.75. The van der Waals surface area contributed by atoms with Gasteiger partial charge in [-0.1, -0.05) is 13.0 Å². The highest BCUT2D eigenvalue weighted by molar-refractivity contribution is 5.95. The summed E-state index contributed by atoms with van der Waals surface area (Å²) in [5.41, 5.74) is -5.10. The van der Waals surface area contributed by atoms with Crippen molar-refractivity contribution < 1.29 is 49.4 Å². The Morgan fingerprint density at radius 1 is 0.853 bits per heavy atom. The zero-order chi connectivity index (χ0) is 25.6. The molecule has 184 valence electrons. The van der Waals surface area contributed by atoms with Gasteiger partial charge < -0.3 is 5.11 Å². The number of anilines is 1. The summed E-state index contributed by atoms with van der Waals surface area (Å²) < 4.78 is 119. The fraction of sp³-hybridized carbons (Fsp3) is 0.318. The third-order valence-corrected chi connectivity index (χ3v) is 5.32. The van der Waals surface area contributed by atoms with Gasteiger partial charge in [0.2, 0.25) is 0 Å². The van der Waals surface area contributed by atoms with Crippen LogP contribution < -0.4 is 4.90 Å². The standard InChI is InChI=1S/C22H16F9NO2/c1-2-16-8-12(5-11-6-14(21(26,27)28)9-15(7-11)22(29,30)31)17-10-13(20(23,24)25)3-4-18(17)32(16)19(33)34/h3-4,6-10,16H,2,5H2,1H3,(H,33,34). The maximum Gasteiger partial charge on any atom is 0.416 e. The highest BCUT2D eigenvalue weighted by Gasteiger charge is 2.38. The van der Waals surface area contributed by atoms with Gasteiger partial charge >= 0.3 is 24.6 Å². The molecule has 1 N–H and O–H groups in total. The number of fused-ring (bicyclic) bond motifs is 1. The monoisotopic (exact) mass is 497 g/mol. The van der Waals surface area contributed by atoms with Crippen LogP contribution in [0.15, 0.2) is 42.5 Å². The minimum absolute atomic E-state index is 0.0158. The van der Waals surface area contributed by atoms with Gasteiger partial charge in [0, 0.05) is 5.56 Å².